The SMILES string of the molecule is CC.CC.CC.CC.CC.CC(C)(C)C(=O)OCc1c([N+](=O)[O-])cccc1C(C)(C)C.CC(C)(C)C(=O)OCc1cccc(C(C)(C)C)c1[N+](=O)[O-].CC(C)C(OC(=O)C(C)(C)C)c1ccccc1[N+](=O)[O-].CC(C)c1ccc(COC(=O)C(C)(C)C)c([N+](=O)[O-])c1.CC(C)c1ccc([N+](=O)[O-])c(COC(=O)C(C)(C)C)c1.COc1cc(C(C)OC(C)(C)C)c([N+](=O)[O-])cc1OCCCC(=O)OC(C)(C)C. The van der Waals surface area contributed by atoms with Gasteiger partial charge in [0.1, 0.15) is 38.1 Å². The van der Waals surface area contributed by atoms with E-state index in [9.17, 15) is 89.5 Å². The Labute approximate surface area is 840 Å². The number of carbonyl (C=O) groups excluding carboxylic acids is 6. The quantitative estimate of drug-likeness (QED) is 0.0152. The lowest BCUT2D eigenvalue weighted by molar-refractivity contribution is -0.387. The second-order valence-corrected chi connectivity index (χ2v) is 41.4. The normalized spacial score (nSPS) is 11.6. The molecule has 0 radical (unpaired) electrons. The van der Waals surface area contributed by atoms with Gasteiger partial charge in [0, 0.05) is 36.2 Å². The molecule has 0 spiro atoms. The number of esters is 6. The van der Waals surface area contributed by atoms with E-state index in [0.29, 0.717) is 51.1 Å². The molecule has 6 aromatic carbocycles. The molecule has 2 unspecified atom stereocenters. The Bertz CT molecular complexity index is 4930. The summed E-state index contributed by atoms with van der Waals surface area (Å²) in [6, 6.07) is 29.3. The van der Waals surface area contributed by atoms with Crippen molar-refractivity contribution in [3.63, 3.8) is 0 Å². The van der Waals surface area contributed by atoms with E-state index >= 15 is 0 Å². The van der Waals surface area contributed by atoms with E-state index in [4.69, 9.17) is 42.6 Å². The molecule has 0 saturated carbocycles. The zero-order valence-corrected chi connectivity index (χ0v) is 93.4. The summed E-state index contributed by atoms with van der Waals surface area (Å²) >= 11 is 0. The van der Waals surface area contributed by atoms with Crippen LogP contribution in [0.1, 0.15) is 397 Å². The maximum absolute atomic E-state index is 12.0. The van der Waals surface area contributed by atoms with Crippen LogP contribution >= 0.6 is 0 Å². The van der Waals surface area contributed by atoms with E-state index < -0.39 is 80.0 Å². The van der Waals surface area contributed by atoms with Crippen LogP contribution in [-0.2, 0) is 99.2 Å². The van der Waals surface area contributed by atoms with Gasteiger partial charge in [-0.15, -0.1) is 0 Å². The Balaban J connectivity index is -0.000000517. The molecule has 141 heavy (non-hydrogen) atoms. The highest BCUT2D eigenvalue weighted by Crippen LogP contribution is 2.42. The molecule has 0 fully saturated rings. The molecule has 796 valence electrons. The van der Waals surface area contributed by atoms with Gasteiger partial charge in [-0.2, -0.15) is 0 Å². The van der Waals surface area contributed by atoms with Gasteiger partial charge in [0.2, 0.25) is 0 Å². The predicted octanol–water partition coefficient (Wildman–Crippen LogP) is 29.6. The standard InChI is InChI=1S/C21H33NO7.2C16H23NO4.3C15H21NO4.5C2H6/c1-14(28-20(2,3)4)15-12-17(26-8)18(13-16(15)22(24)25)27-11-9-10-19(23)29-21(5,6)7;1-15(2,3)12-8-7-9-13(17(19)20)11(12)10-21-14(18)16(4,5)6;1-15(2,3)12-9-7-8-11(13(12)17(19)20)10-21-14(18)16(4,5)6;1-10(2)11-6-7-13(16(18)19)12(8-11)9-20-14(17)15(3,4)5;1-10(2)11-6-7-12(13(8-11)16(18)19)9-20-14(17)15(3,4)5;1-10(2)13(20-14(17)15(3,4)5)11-8-6-7-9-12(11)16(18)19;5*1-2/h12-14H,9-11H2,1-8H3;2*7-9H,10H2,1-6H3;2*6-8,10H,9H2,1-5H3;6-10,13H,1-5H3;5*1-2H3. The first-order chi connectivity index (χ1) is 64.5. The summed E-state index contributed by atoms with van der Waals surface area (Å²) in [6.45, 7) is 82.3. The second-order valence-electron chi connectivity index (χ2n) is 41.4. The van der Waals surface area contributed by atoms with Crippen LogP contribution in [0, 0.1) is 93.7 Å². The van der Waals surface area contributed by atoms with E-state index in [0.717, 1.165) is 16.7 Å². The average Bonchev–Trinajstić information content (AvgIpc) is 0.805. The zero-order chi connectivity index (χ0) is 112. The molecular weight excluding hydrogens is 1810 g/mol. The molecule has 0 aliphatic carbocycles. The van der Waals surface area contributed by atoms with Gasteiger partial charge in [0.25, 0.3) is 34.1 Å². The molecular formula is C108H172N6O27. The minimum atomic E-state index is -0.642. The number of hydrogen-bond donors (Lipinski definition) is 0. The Hall–Kier alpha value is -11.9. The van der Waals surface area contributed by atoms with E-state index in [1.165, 1.54) is 31.4 Å². The summed E-state index contributed by atoms with van der Waals surface area (Å²) < 4.78 is 48.4. The fourth-order valence-corrected chi connectivity index (χ4v) is 11.5. The zero-order valence-electron chi connectivity index (χ0n) is 93.4. The summed E-state index contributed by atoms with van der Waals surface area (Å²) in [6.07, 6.45) is -0.526. The van der Waals surface area contributed by atoms with E-state index in [1.807, 2.05) is 185 Å². The van der Waals surface area contributed by atoms with Crippen LogP contribution in [0.4, 0.5) is 34.1 Å². The van der Waals surface area contributed by atoms with Crippen molar-refractivity contribution in [2.75, 3.05) is 13.7 Å². The molecule has 0 amide bonds. The summed E-state index contributed by atoms with van der Waals surface area (Å²) in [5, 5.41) is 67.4. The lowest BCUT2D eigenvalue weighted by Gasteiger charge is -2.26. The monoisotopic (exact) mass is 1990 g/mol. The van der Waals surface area contributed by atoms with Crippen molar-refractivity contribution < 1.29 is 101 Å². The summed E-state index contributed by atoms with van der Waals surface area (Å²) in [5.74, 6) is -1.16. The molecule has 0 bridgehead atoms. The van der Waals surface area contributed by atoms with Gasteiger partial charge in [-0.3, -0.25) is 89.5 Å². The van der Waals surface area contributed by atoms with Crippen LogP contribution in [0.2, 0.25) is 0 Å². The number of nitro groups is 6. The van der Waals surface area contributed by atoms with Crippen LogP contribution in [0.15, 0.2) is 109 Å². The van der Waals surface area contributed by atoms with Gasteiger partial charge in [-0.05, 0) is 234 Å². The molecule has 0 aliphatic rings. The van der Waals surface area contributed by atoms with Gasteiger partial charge in [-0.25, -0.2) is 0 Å². The number of benzene rings is 6. The van der Waals surface area contributed by atoms with Crippen LogP contribution in [0.3, 0.4) is 0 Å². The number of para-hydroxylation sites is 2. The highest BCUT2D eigenvalue weighted by Gasteiger charge is 2.36. The molecule has 6 aromatic rings. The lowest BCUT2D eigenvalue weighted by Crippen LogP contribution is -2.27. The topological polar surface area (TPSA) is 444 Å². The molecule has 33 heteroatoms. The van der Waals surface area contributed by atoms with Crippen LogP contribution in [0.5, 0.6) is 11.5 Å². The van der Waals surface area contributed by atoms with Crippen molar-refractivity contribution in [3.8, 4) is 11.5 Å². The molecule has 33 nitrogen and oxygen atoms in total. The van der Waals surface area contributed by atoms with Crippen LogP contribution < -0.4 is 9.47 Å². The second kappa shape index (κ2) is 63.1. The maximum atomic E-state index is 12.0. The van der Waals surface area contributed by atoms with Gasteiger partial charge in [0.05, 0.1) is 121 Å². The van der Waals surface area contributed by atoms with Crippen LogP contribution in [0.25, 0.3) is 0 Å². The van der Waals surface area contributed by atoms with Crippen molar-refractivity contribution in [2.45, 2.75) is 390 Å². The predicted molar refractivity (Wildman–Crippen MR) is 557 cm³/mol. The Morgan fingerprint density at radius 2 is 0.730 bits per heavy atom. The number of hydrogen-bond acceptors (Lipinski definition) is 27. The first-order valence-electron chi connectivity index (χ1n) is 48.1. The van der Waals surface area contributed by atoms with E-state index in [2.05, 4.69) is 0 Å². The van der Waals surface area contributed by atoms with Crippen molar-refractivity contribution in [1.29, 1.82) is 0 Å². The molecule has 0 aliphatic heterocycles. The maximum Gasteiger partial charge on any atom is 0.311 e. The lowest BCUT2D eigenvalue weighted by atomic mass is 9.83. The molecule has 0 saturated heterocycles. The van der Waals surface area contributed by atoms with E-state index in [1.54, 1.807) is 204 Å². The van der Waals surface area contributed by atoms with Crippen LogP contribution in [-0.4, -0.2) is 90.3 Å². The average molecular weight is 1990 g/mol. The third-order valence-corrected chi connectivity index (χ3v) is 18.7. The third kappa shape index (κ3) is 51.9. The fraction of sp³-hybridized carbons (Fsp3) is 0.611. The van der Waals surface area contributed by atoms with Crippen molar-refractivity contribution in [1.82, 2.24) is 0 Å². The number of ether oxygens (including phenoxy) is 9. The fourth-order valence-electron chi connectivity index (χ4n) is 11.5. The molecule has 0 heterocycles. The highest BCUT2D eigenvalue weighted by atomic mass is 16.7. The van der Waals surface area contributed by atoms with Crippen molar-refractivity contribution >= 4 is 69.9 Å². The third-order valence-electron chi connectivity index (χ3n) is 18.7. The number of nitrogens with zero attached hydrogens (tertiary/aromatic N) is 6. The summed E-state index contributed by atoms with van der Waals surface area (Å²) in [5.41, 5.74) is 1.01. The Morgan fingerprint density at radius 3 is 1.11 bits per heavy atom. The van der Waals surface area contributed by atoms with Crippen molar-refractivity contribution in [3.05, 3.63) is 226 Å². The number of nitro benzene ring substituents is 6. The van der Waals surface area contributed by atoms with Gasteiger partial charge < -0.3 is 42.6 Å². The van der Waals surface area contributed by atoms with Crippen molar-refractivity contribution in [2.24, 2.45) is 33.0 Å². The molecule has 2 atom stereocenters. The van der Waals surface area contributed by atoms with E-state index in [-0.39, 0.29) is 144 Å². The summed E-state index contributed by atoms with van der Waals surface area (Å²) in [7, 11) is 1.47. The first kappa shape index (κ1) is 138. The highest BCUT2D eigenvalue weighted by molar-refractivity contribution is 5.78. The molecule has 0 N–H and O–H groups in total. The summed E-state index contributed by atoms with van der Waals surface area (Å²) in [4.78, 5) is 136. The largest absolute Gasteiger partial charge is 0.493 e. The van der Waals surface area contributed by atoms with Gasteiger partial charge >= 0.3 is 35.8 Å². The number of carbonyl (C=O) groups is 6. The minimum Gasteiger partial charge on any atom is -0.493 e. The van der Waals surface area contributed by atoms with Gasteiger partial charge in [0.15, 0.2) is 11.5 Å². The van der Waals surface area contributed by atoms with Gasteiger partial charge in [-0.1, -0.05) is 201 Å². The first-order valence-corrected chi connectivity index (χ1v) is 48.1. The minimum absolute atomic E-state index is 0.00194. The molecule has 0 aromatic heterocycles. The molecule has 6 rings (SSSR count). The Kier molecular flexibility index (Phi) is 61.6. The smallest absolute Gasteiger partial charge is 0.311 e. The number of rotatable bonds is 27. The Morgan fingerprint density at radius 1 is 0.348 bits per heavy atom. The number of methoxy groups -OCH3 is 1.